The summed E-state index contributed by atoms with van der Waals surface area (Å²) in [7, 11) is 3.52. The molecule has 7 nitrogen and oxygen atoms in total. The van der Waals surface area contributed by atoms with E-state index in [1.165, 1.54) is 32.2 Å². The van der Waals surface area contributed by atoms with E-state index >= 15 is 0 Å². The number of hydrogen-bond acceptors (Lipinski definition) is 7. The fraction of sp³-hybridized carbons (Fsp3) is 0.545. The summed E-state index contributed by atoms with van der Waals surface area (Å²) in [5.74, 6) is 3.40. The van der Waals surface area contributed by atoms with E-state index in [-0.39, 0.29) is 0 Å². The summed E-state index contributed by atoms with van der Waals surface area (Å²) in [6, 6.07) is 8.55. The summed E-state index contributed by atoms with van der Waals surface area (Å²) in [6.45, 7) is 5.02. The first-order valence-corrected chi connectivity index (χ1v) is 10.5. The Balaban J connectivity index is 1.41. The molecular weight excluding hydrogens is 366 g/mol. The Morgan fingerprint density at radius 1 is 1.14 bits per heavy atom. The van der Waals surface area contributed by atoms with Crippen molar-refractivity contribution in [2.24, 2.45) is 5.92 Å². The van der Waals surface area contributed by atoms with Gasteiger partial charge in [-0.3, -0.25) is 4.90 Å². The first-order chi connectivity index (χ1) is 14.1. The molecule has 4 rings (SSSR count). The van der Waals surface area contributed by atoms with Crippen LogP contribution < -0.4 is 20.1 Å². The van der Waals surface area contributed by atoms with E-state index in [0.29, 0.717) is 18.5 Å². The lowest BCUT2D eigenvalue weighted by atomic mass is 9.92. The average molecular weight is 398 g/mol. The predicted octanol–water partition coefficient (Wildman–Crippen LogP) is 3.83. The molecule has 1 aromatic carbocycles. The molecule has 1 saturated heterocycles. The maximum absolute atomic E-state index is 6.19. The van der Waals surface area contributed by atoms with Crippen LogP contribution in [0.1, 0.15) is 31.4 Å². The van der Waals surface area contributed by atoms with Crippen molar-refractivity contribution in [3.8, 4) is 11.5 Å². The zero-order chi connectivity index (χ0) is 20.2. The summed E-state index contributed by atoms with van der Waals surface area (Å²) in [6.07, 6.45) is 5.33. The number of anilines is 3. The Kier molecular flexibility index (Phi) is 6.04. The van der Waals surface area contributed by atoms with Gasteiger partial charge in [-0.15, -0.1) is 0 Å². The second kappa shape index (κ2) is 8.86. The first kappa shape index (κ1) is 19.8. The Hall–Kier alpha value is -2.54. The lowest BCUT2D eigenvalue weighted by Crippen LogP contribution is -2.38. The lowest BCUT2D eigenvalue weighted by molar-refractivity contribution is 0.145. The molecule has 1 aromatic heterocycles. The molecule has 0 radical (unpaired) electrons. The van der Waals surface area contributed by atoms with Crippen LogP contribution in [0, 0.1) is 12.8 Å². The van der Waals surface area contributed by atoms with Crippen molar-refractivity contribution in [3.05, 3.63) is 30.0 Å². The average Bonchev–Trinajstić information content (AvgIpc) is 3.13. The minimum absolute atomic E-state index is 0.553. The SMILES string of the molecule is CNc1cc(C)nc(Nc2ccc(OC)c(OCC3CCN(C4CCC4)C3)c2)n1. The third kappa shape index (κ3) is 4.72. The fourth-order valence-corrected chi connectivity index (χ4v) is 4.04. The smallest absolute Gasteiger partial charge is 0.229 e. The Bertz CT molecular complexity index is 840. The van der Waals surface area contributed by atoms with Crippen LogP contribution in [-0.2, 0) is 0 Å². The quantitative estimate of drug-likeness (QED) is 0.701. The minimum Gasteiger partial charge on any atom is -0.493 e. The molecule has 1 saturated carbocycles. The zero-order valence-electron chi connectivity index (χ0n) is 17.6. The van der Waals surface area contributed by atoms with Gasteiger partial charge in [-0.1, -0.05) is 6.42 Å². The molecule has 7 heteroatoms. The van der Waals surface area contributed by atoms with Gasteiger partial charge in [0, 0.05) is 49.1 Å². The Morgan fingerprint density at radius 2 is 2.00 bits per heavy atom. The second-order valence-corrected chi connectivity index (χ2v) is 8.00. The highest BCUT2D eigenvalue weighted by Crippen LogP contribution is 2.33. The van der Waals surface area contributed by atoms with Crippen molar-refractivity contribution in [1.29, 1.82) is 0 Å². The monoisotopic (exact) mass is 397 g/mol. The number of hydrogen-bond donors (Lipinski definition) is 2. The maximum atomic E-state index is 6.19. The standard InChI is InChI=1S/C22H31N5O2/c1-15-11-21(23-2)26-22(24-15)25-17-7-8-19(28-3)20(12-17)29-14-16-9-10-27(13-16)18-5-4-6-18/h7-8,11-12,16,18H,4-6,9-10,13-14H2,1-3H3,(H2,23,24,25,26). The number of nitrogens with zero attached hydrogens (tertiary/aromatic N) is 3. The van der Waals surface area contributed by atoms with Gasteiger partial charge in [0.25, 0.3) is 0 Å². The second-order valence-electron chi connectivity index (χ2n) is 8.00. The Morgan fingerprint density at radius 3 is 2.72 bits per heavy atom. The number of nitrogens with one attached hydrogen (secondary N) is 2. The largest absolute Gasteiger partial charge is 0.493 e. The number of ether oxygens (including phenoxy) is 2. The van der Waals surface area contributed by atoms with E-state index in [0.717, 1.165) is 41.3 Å². The summed E-state index contributed by atoms with van der Waals surface area (Å²) in [5, 5.41) is 6.33. The molecule has 1 unspecified atom stereocenters. The van der Waals surface area contributed by atoms with Crippen LogP contribution in [0.25, 0.3) is 0 Å². The van der Waals surface area contributed by atoms with Crippen LogP contribution in [0.3, 0.4) is 0 Å². The molecule has 0 spiro atoms. The molecule has 0 bridgehead atoms. The molecule has 2 heterocycles. The van der Waals surface area contributed by atoms with Gasteiger partial charge in [0.05, 0.1) is 13.7 Å². The van der Waals surface area contributed by atoms with Crippen molar-refractivity contribution in [1.82, 2.24) is 14.9 Å². The van der Waals surface area contributed by atoms with E-state index < -0.39 is 0 Å². The van der Waals surface area contributed by atoms with Gasteiger partial charge in [0.2, 0.25) is 5.95 Å². The van der Waals surface area contributed by atoms with Gasteiger partial charge in [0.1, 0.15) is 5.82 Å². The van der Waals surface area contributed by atoms with Gasteiger partial charge in [-0.2, -0.15) is 4.98 Å². The fourth-order valence-electron chi connectivity index (χ4n) is 4.04. The summed E-state index contributed by atoms with van der Waals surface area (Å²) in [4.78, 5) is 11.6. The number of benzene rings is 1. The number of rotatable bonds is 8. The number of aryl methyl sites for hydroxylation is 1. The van der Waals surface area contributed by atoms with E-state index in [2.05, 4.69) is 25.5 Å². The highest BCUT2D eigenvalue weighted by molar-refractivity contribution is 5.60. The van der Waals surface area contributed by atoms with Crippen LogP contribution >= 0.6 is 0 Å². The van der Waals surface area contributed by atoms with Crippen LogP contribution in [0.15, 0.2) is 24.3 Å². The highest BCUT2D eigenvalue weighted by Gasteiger charge is 2.31. The van der Waals surface area contributed by atoms with E-state index in [1.54, 1.807) is 7.11 Å². The number of aromatic nitrogens is 2. The van der Waals surface area contributed by atoms with Crippen LogP contribution in [0.5, 0.6) is 11.5 Å². The van der Waals surface area contributed by atoms with E-state index in [4.69, 9.17) is 9.47 Å². The molecule has 2 aliphatic rings. The third-order valence-electron chi connectivity index (χ3n) is 5.91. The van der Waals surface area contributed by atoms with Gasteiger partial charge in [0.15, 0.2) is 11.5 Å². The molecule has 29 heavy (non-hydrogen) atoms. The van der Waals surface area contributed by atoms with Gasteiger partial charge < -0.3 is 20.1 Å². The lowest BCUT2D eigenvalue weighted by Gasteiger charge is -2.34. The predicted molar refractivity (Wildman–Crippen MR) is 115 cm³/mol. The van der Waals surface area contributed by atoms with Crippen LogP contribution in [0.4, 0.5) is 17.5 Å². The van der Waals surface area contributed by atoms with Crippen molar-refractivity contribution in [3.63, 3.8) is 0 Å². The zero-order valence-corrected chi connectivity index (χ0v) is 17.6. The van der Waals surface area contributed by atoms with Gasteiger partial charge in [-0.05, 0) is 44.9 Å². The molecule has 2 N–H and O–H groups in total. The molecule has 1 atom stereocenters. The maximum Gasteiger partial charge on any atom is 0.229 e. The van der Waals surface area contributed by atoms with Crippen LogP contribution in [-0.4, -0.2) is 54.8 Å². The normalized spacial score (nSPS) is 19.6. The van der Waals surface area contributed by atoms with Crippen molar-refractivity contribution in [2.75, 3.05) is 44.5 Å². The number of methoxy groups -OCH3 is 1. The third-order valence-corrected chi connectivity index (χ3v) is 5.91. The van der Waals surface area contributed by atoms with E-state index in [9.17, 15) is 0 Å². The molecule has 1 aliphatic heterocycles. The molecule has 0 amide bonds. The molecule has 2 aromatic rings. The summed E-state index contributed by atoms with van der Waals surface area (Å²) < 4.78 is 11.7. The summed E-state index contributed by atoms with van der Waals surface area (Å²) in [5.41, 5.74) is 1.77. The molecule has 2 fully saturated rings. The molecule has 1 aliphatic carbocycles. The van der Waals surface area contributed by atoms with Crippen molar-refractivity contribution < 1.29 is 9.47 Å². The minimum atomic E-state index is 0.553. The first-order valence-electron chi connectivity index (χ1n) is 10.5. The molecular formula is C22H31N5O2. The van der Waals surface area contributed by atoms with Gasteiger partial charge in [-0.25, -0.2) is 4.98 Å². The van der Waals surface area contributed by atoms with E-state index in [1.807, 2.05) is 38.2 Å². The topological polar surface area (TPSA) is 71.5 Å². The van der Waals surface area contributed by atoms with Crippen molar-refractivity contribution >= 4 is 17.5 Å². The van der Waals surface area contributed by atoms with Crippen molar-refractivity contribution in [2.45, 2.75) is 38.6 Å². The van der Waals surface area contributed by atoms with Gasteiger partial charge >= 0.3 is 0 Å². The number of likely N-dealkylation sites (tertiary alicyclic amines) is 1. The van der Waals surface area contributed by atoms with Crippen LogP contribution in [0.2, 0.25) is 0 Å². The Labute approximate surface area is 172 Å². The molecule has 156 valence electrons. The summed E-state index contributed by atoms with van der Waals surface area (Å²) >= 11 is 0. The highest BCUT2D eigenvalue weighted by atomic mass is 16.5.